The van der Waals surface area contributed by atoms with E-state index in [-0.39, 0.29) is 24.0 Å². The van der Waals surface area contributed by atoms with Gasteiger partial charge in [0.1, 0.15) is 0 Å². The molecule has 1 aliphatic heterocycles. The molecule has 0 bridgehead atoms. The van der Waals surface area contributed by atoms with Crippen LogP contribution in [0.3, 0.4) is 0 Å². The molecular weight excluding hydrogens is 590 g/mol. The van der Waals surface area contributed by atoms with Crippen molar-refractivity contribution in [3.05, 3.63) is 35.7 Å². The predicted molar refractivity (Wildman–Crippen MR) is 189 cm³/mol. The van der Waals surface area contributed by atoms with Crippen LogP contribution >= 0.6 is 0 Å². The van der Waals surface area contributed by atoms with Crippen LogP contribution < -0.4 is 16.4 Å². The number of dihydropyridines is 1. The Morgan fingerprint density at radius 2 is 1.81 bits per heavy atom. The number of carboxylic acid groups (broad SMARTS) is 1. The lowest BCUT2D eigenvalue weighted by atomic mass is 9.81. The summed E-state index contributed by atoms with van der Waals surface area (Å²) in [5.41, 5.74) is 6.51. The van der Waals surface area contributed by atoms with Crippen molar-refractivity contribution in [1.82, 2.24) is 10.6 Å². The molecule has 2 fully saturated rings. The van der Waals surface area contributed by atoms with E-state index in [1.807, 2.05) is 6.08 Å². The van der Waals surface area contributed by atoms with E-state index in [4.69, 9.17) is 5.73 Å². The van der Waals surface area contributed by atoms with Crippen LogP contribution in [0.15, 0.2) is 35.7 Å². The molecule has 0 spiro atoms. The minimum Gasteiger partial charge on any atom is -0.481 e. The Labute approximate surface area is 284 Å². The average Bonchev–Trinajstić information content (AvgIpc) is 3.60. The maximum atomic E-state index is 12.2. The fourth-order valence-corrected chi connectivity index (χ4v) is 9.01. The van der Waals surface area contributed by atoms with Crippen molar-refractivity contribution in [2.24, 2.45) is 35.3 Å². The van der Waals surface area contributed by atoms with Crippen LogP contribution in [0.1, 0.15) is 136 Å². The third-order valence-electron chi connectivity index (χ3n) is 12.0. The molecule has 0 radical (unpaired) electrons. The van der Waals surface area contributed by atoms with Crippen molar-refractivity contribution in [2.45, 2.75) is 159 Å². The summed E-state index contributed by atoms with van der Waals surface area (Å²) in [6.07, 6.45) is 24.8. The van der Waals surface area contributed by atoms with E-state index in [9.17, 15) is 25.2 Å². The van der Waals surface area contributed by atoms with Crippen molar-refractivity contribution < 1.29 is 25.2 Å². The van der Waals surface area contributed by atoms with Crippen LogP contribution in [0.25, 0.3) is 0 Å². The minimum absolute atomic E-state index is 0.165. The molecule has 4 rings (SSSR count). The number of rotatable bonds is 20. The summed E-state index contributed by atoms with van der Waals surface area (Å²) in [7, 11) is 0. The molecule has 268 valence electrons. The maximum absolute atomic E-state index is 12.2. The first-order valence-corrected chi connectivity index (χ1v) is 19.1. The molecule has 1 heterocycles. The highest BCUT2D eigenvalue weighted by Gasteiger charge is 2.45. The molecule has 0 aromatic heterocycles. The first-order chi connectivity index (χ1) is 22.5. The summed E-state index contributed by atoms with van der Waals surface area (Å²) in [6.45, 7) is 6.11. The van der Waals surface area contributed by atoms with E-state index < -0.39 is 23.6 Å². The second kappa shape index (κ2) is 18.2. The van der Waals surface area contributed by atoms with Crippen LogP contribution in [0.2, 0.25) is 0 Å². The first-order valence-electron chi connectivity index (χ1n) is 19.1. The summed E-state index contributed by atoms with van der Waals surface area (Å²) >= 11 is 0. The van der Waals surface area contributed by atoms with Gasteiger partial charge in [0.15, 0.2) is 0 Å². The number of nitrogens with two attached hydrogens (primary N) is 1. The highest BCUT2D eigenvalue weighted by molar-refractivity contribution is 5.70. The third-order valence-corrected chi connectivity index (χ3v) is 12.0. The lowest BCUT2D eigenvalue weighted by molar-refractivity contribution is -0.146. The number of aliphatic hydroxyl groups is 3. The Balaban J connectivity index is 1.23. The molecule has 8 atom stereocenters. The molecule has 8 nitrogen and oxygen atoms in total. The number of allylic oxidation sites excluding steroid dienone is 3. The number of aliphatic hydroxyl groups excluding tert-OH is 2. The second-order valence-corrected chi connectivity index (χ2v) is 16.1. The number of aliphatic carboxylic acids is 1. The topological polar surface area (TPSA) is 148 Å². The number of nitrogens with one attached hydrogen (secondary N) is 2. The highest BCUT2D eigenvalue weighted by atomic mass is 16.4. The van der Waals surface area contributed by atoms with Crippen molar-refractivity contribution >= 4 is 5.97 Å². The van der Waals surface area contributed by atoms with E-state index in [0.29, 0.717) is 49.3 Å². The summed E-state index contributed by atoms with van der Waals surface area (Å²) in [6, 6.07) is 0. The van der Waals surface area contributed by atoms with Crippen molar-refractivity contribution in [3.63, 3.8) is 0 Å². The van der Waals surface area contributed by atoms with E-state index >= 15 is 0 Å². The van der Waals surface area contributed by atoms with Gasteiger partial charge in [-0.3, -0.25) is 4.79 Å². The standard InChI is InChI=1S/C39H67N3O5/c1-3-4-6-11-28-14-15-30(35(44)23-28)12-7-5-8-13-33(37(45)46)34(43)16-20-39(47)25-31(22-29-17-21-41-36(40)24-29)32(26-39)27-42-38(2)18-9-10-19-38/h14-15,17,24,28,30-35,41-44,47H,3-13,16,18-23,25-27,40H2,1-2H3,(H,45,46)/t28-,30-,31-,32+,33+,34-,35-,39-/m1/s1. The van der Waals surface area contributed by atoms with Crippen LogP contribution in [0, 0.1) is 29.6 Å². The summed E-state index contributed by atoms with van der Waals surface area (Å²) < 4.78 is 0. The second-order valence-electron chi connectivity index (χ2n) is 16.1. The molecular formula is C39H67N3O5. The Morgan fingerprint density at radius 1 is 1.06 bits per heavy atom. The molecule has 0 aromatic carbocycles. The molecule has 0 aromatic rings. The third kappa shape index (κ3) is 11.9. The minimum atomic E-state index is -0.979. The highest BCUT2D eigenvalue weighted by Crippen LogP contribution is 2.46. The Hall–Kier alpha value is -1.87. The summed E-state index contributed by atoms with van der Waals surface area (Å²) in [4.78, 5) is 12.2. The SMILES string of the molecule is CCCCC[C@@H]1C=C[C@@H](CCCCC[C@H](C(=O)O)[C@H](O)CC[C@]2(O)C[C@@H](CNC3(C)CCCC3)[C@H](CC3=CCNC(N)=C3)C2)[C@H](O)C1. The van der Waals surface area contributed by atoms with Crippen LogP contribution in [-0.4, -0.2) is 62.8 Å². The summed E-state index contributed by atoms with van der Waals surface area (Å²) in [5.74, 6) is 0.179. The molecule has 0 saturated heterocycles. The van der Waals surface area contributed by atoms with Gasteiger partial charge in [0.05, 0.1) is 29.5 Å². The van der Waals surface area contributed by atoms with Gasteiger partial charge in [-0.15, -0.1) is 0 Å². The lowest BCUT2D eigenvalue weighted by Crippen LogP contribution is -2.43. The van der Waals surface area contributed by atoms with Gasteiger partial charge in [-0.1, -0.05) is 76.5 Å². The predicted octanol–water partition coefficient (Wildman–Crippen LogP) is 6.31. The number of carboxylic acids is 1. The summed E-state index contributed by atoms with van der Waals surface area (Å²) in [5, 5.41) is 50.5. The van der Waals surface area contributed by atoms with E-state index in [2.05, 4.69) is 42.7 Å². The van der Waals surface area contributed by atoms with Crippen molar-refractivity contribution in [2.75, 3.05) is 13.1 Å². The molecule has 3 aliphatic carbocycles. The normalized spacial score (nSPS) is 31.6. The smallest absolute Gasteiger partial charge is 0.309 e. The Kier molecular flexibility index (Phi) is 14.7. The zero-order valence-corrected chi connectivity index (χ0v) is 29.5. The number of hydrogen-bond donors (Lipinski definition) is 7. The van der Waals surface area contributed by atoms with Crippen molar-refractivity contribution in [1.29, 1.82) is 0 Å². The lowest BCUT2D eigenvalue weighted by Gasteiger charge is -2.30. The van der Waals surface area contributed by atoms with Crippen LogP contribution in [-0.2, 0) is 4.79 Å². The van der Waals surface area contributed by atoms with Gasteiger partial charge < -0.3 is 36.8 Å². The van der Waals surface area contributed by atoms with E-state index in [1.54, 1.807) is 0 Å². The van der Waals surface area contributed by atoms with Gasteiger partial charge in [0.2, 0.25) is 0 Å². The Morgan fingerprint density at radius 3 is 2.51 bits per heavy atom. The molecule has 8 heteroatoms. The molecule has 0 amide bonds. The first kappa shape index (κ1) is 37.9. The number of hydrogen-bond acceptors (Lipinski definition) is 7. The maximum Gasteiger partial charge on any atom is 0.309 e. The molecule has 8 N–H and O–H groups in total. The average molecular weight is 658 g/mol. The van der Waals surface area contributed by atoms with Gasteiger partial charge in [-0.2, -0.15) is 0 Å². The van der Waals surface area contributed by atoms with Gasteiger partial charge >= 0.3 is 5.97 Å². The molecule has 2 saturated carbocycles. The van der Waals surface area contributed by atoms with Crippen LogP contribution in [0.4, 0.5) is 0 Å². The van der Waals surface area contributed by atoms with Gasteiger partial charge in [-0.25, -0.2) is 0 Å². The van der Waals surface area contributed by atoms with E-state index in [0.717, 1.165) is 58.0 Å². The Bertz CT molecular complexity index is 1070. The largest absolute Gasteiger partial charge is 0.481 e. The zero-order valence-electron chi connectivity index (χ0n) is 29.5. The molecule has 0 unspecified atom stereocenters. The van der Waals surface area contributed by atoms with Gasteiger partial charge in [0.25, 0.3) is 0 Å². The monoisotopic (exact) mass is 658 g/mol. The quantitative estimate of drug-likeness (QED) is 0.0595. The fraction of sp³-hybridized carbons (Fsp3) is 0.821. The molecule has 47 heavy (non-hydrogen) atoms. The van der Waals surface area contributed by atoms with Crippen LogP contribution in [0.5, 0.6) is 0 Å². The van der Waals surface area contributed by atoms with Gasteiger partial charge in [-0.05, 0) is 114 Å². The van der Waals surface area contributed by atoms with Gasteiger partial charge in [0, 0.05) is 18.0 Å². The molecule has 4 aliphatic rings. The fourth-order valence-electron chi connectivity index (χ4n) is 9.01. The number of carbonyl (C=O) groups is 1. The zero-order chi connectivity index (χ0) is 33.9. The van der Waals surface area contributed by atoms with Crippen molar-refractivity contribution in [3.8, 4) is 0 Å². The van der Waals surface area contributed by atoms with E-state index in [1.165, 1.54) is 50.5 Å². The number of unbranched alkanes of at least 4 members (excludes halogenated alkanes) is 4.